The van der Waals surface area contributed by atoms with E-state index < -0.39 is 12.1 Å². The van der Waals surface area contributed by atoms with Gasteiger partial charge in [-0.05, 0) is 84.0 Å². The van der Waals surface area contributed by atoms with Gasteiger partial charge in [0.15, 0.2) is 0 Å². The fraction of sp³-hybridized carbons (Fsp3) is 0.455. The first kappa shape index (κ1) is 38.7. The monoisotopic (exact) mass is 758 g/mol. The smallest absolute Gasteiger partial charge is 0.246 e. The lowest BCUT2D eigenvalue weighted by molar-refractivity contribution is -0.138. The van der Waals surface area contributed by atoms with Gasteiger partial charge in [-0.25, -0.2) is 9.97 Å². The molecule has 5 aromatic rings. The average Bonchev–Trinajstić information content (AvgIpc) is 4.03. The second-order valence-electron chi connectivity index (χ2n) is 16.0. The molecule has 2 aliphatic heterocycles. The minimum atomic E-state index is -0.564. The number of aromatic nitrogens is 4. The first-order valence-electron chi connectivity index (χ1n) is 20.3. The second kappa shape index (κ2) is 16.3. The Hall–Kier alpha value is -5.52. The Morgan fingerprint density at radius 1 is 0.625 bits per heavy atom. The molecule has 294 valence electrons. The Kier molecular flexibility index (Phi) is 11.3. The lowest BCUT2D eigenvalue weighted by Gasteiger charge is -2.30. The molecule has 4 N–H and O–H groups in total. The molecule has 2 saturated heterocycles. The molecule has 3 aromatic carbocycles. The summed E-state index contributed by atoms with van der Waals surface area (Å²) in [6, 6.07) is 19.4. The number of fused-ring (bicyclic) bond motifs is 2. The Morgan fingerprint density at radius 2 is 1.00 bits per heavy atom. The summed E-state index contributed by atoms with van der Waals surface area (Å²) in [5.74, 6) is 1.14. The number of rotatable bonds is 12. The van der Waals surface area contributed by atoms with Crippen molar-refractivity contribution >= 4 is 45.7 Å². The molecule has 56 heavy (non-hydrogen) atoms. The first-order valence-corrected chi connectivity index (χ1v) is 20.3. The topological polar surface area (TPSA) is 156 Å². The number of likely N-dealkylation sites (tertiary alicyclic amines) is 2. The van der Waals surface area contributed by atoms with Gasteiger partial charge >= 0.3 is 0 Å². The molecule has 7 rings (SSSR count). The zero-order valence-corrected chi connectivity index (χ0v) is 33.3. The highest BCUT2D eigenvalue weighted by atomic mass is 16.2. The second-order valence-corrected chi connectivity index (χ2v) is 16.0. The van der Waals surface area contributed by atoms with Crippen molar-refractivity contribution in [1.82, 2.24) is 40.4 Å². The van der Waals surface area contributed by atoms with Crippen LogP contribution in [0.2, 0.25) is 0 Å². The van der Waals surface area contributed by atoms with Crippen LogP contribution >= 0.6 is 0 Å². The number of imidazole rings is 2. The van der Waals surface area contributed by atoms with Crippen molar-refractivity contribution in [3.05, 3.63) is 72.3 Å². The third-order valence-electron chi connectivity index (χ3n) is 11.4. The molecule has 4 atom stereocenters. The van der Waals surface area contributed by atoms with E-state index in [1.54, 1.807) is 13.8 Å². The molecule has 0 saturated carbocycles. The quantitative estimate of drug-likeness (QED) is 0.105. The number of H-pyrrole nitrogens is 2. The van der Waals surface area contributed by atoms with Crippen LogP contribution in [0.1, 0.15) is 104 Å². The minimum absolute atomic E-state index is 0.0252. The number of hydrogen-bond acceptors (Lipinski definition) is 6. The molecule has 12 heteroatoms. The summed E-state index contributed by atoms with van der Waals surface area (Å²) in [5, 5.41) is 5.86. The maximum Gasteiger partial charge on any atom is 0.246 e. The maximum absolute atomic E-state index is 13.7. The number of aromatic amines is 2. The molecule has 0 unspecified atom stereocenters. The van der Waals surface area contributed by atoms with Crippen molar-refractivity contribution in [3.63, 3.8) is 0 Å². The summed E-state index contributed by atoms with van der Waals surface area (Å²) < 4.78 is 0. The van der Waals surface area contributed by atoms with Crippen LogP contribution in [0.3, 0.4) is 0 Å². The van der Waals surface area contributed by atoms with Crippen molar-refractivity contribution in [2.75, 3.05) is 13.1 Å². The molecule has 12 nitrogen and oxygen atoms in total. The highest BCUT2D eigenvalue weighted by Crippen LogP contribution is 2.36. The SMILES string of the molecule is CCC(=O)N[C@H](C(=O)N1CCC[C@H]1c1nc2ccc(-c3ccc(-c4ccc5nc([C@@H]6CCCN6C(=O)[C@@H](NC(=O)CC)C(C)C)[nH]c5c4)cc3)cc2[nH]1)C(C)C. The van der Waals surface area contributed by atoms with Crippen LogP contribution in [0.25, 0.3) is 44.3 Å². The third kappa shape index (κ3) is 7.79. The van der Waals surface area contributed by atoms with Crippen LogP contribution in [-0.4, -0.2) is 78.5 Å². The number of carbonyl (C=O) groups is 4. The van der Waals surface area contributed by atoms with Gasteiger partial charge in [-0.1, -0.05) is 77.9 Å². The molecule has 4 amide bonds. The number of amides is 4. The van der Waals surface area contributed by atoms with Crippen molar-refractivity contribution in [2.24, 2.45) is 11.8 Å². The molecule has 0 aliphatic carbocycles. The Morgan fingerprint density at radius 3 is 1.36 bits per heavy atom. The lowest BCUT2D eigenvalue weighted by atomic mass is 10.00. The van der Waals surface area contributed by atoms with Crippen molar-refractivity contribution in [3.8, 4) is 22.3 Å². The average molecular weight is 759 g/mol. The van der Waals surface area contributed by atoms with Gasteiger partial charge in [0, 0.05) is 25.9 Å². The van der Waals surface area contributed by atoms with Crippen LogP contribution in [0.15, 0.2) is 60.7 Å². The molecular weight excluding hydrogens is 705 g/mol. The van der Waals surface area contributed by atoms with Crippen molar-refractivity contribution in [2.45, 2.75) is 104 Å². The normalized spacial score (nSPS) is 18.3. The van der Waals surface area contributed by atoms with Gasteiger partial charge in [-0.15, -0.1) is 0 Å². The van der Waals surface area contributed by atoms with Gasteiger partial charge in [-0.2, -0.15) is 0 Å². The largest absolute Gasteiger partial charge is 0.344 e. The fourth-order valence-corrected chi connectivity index (χ4v) is 8.15. The summed E-state index contributed by atoms with van der Waals surface area (Å²) >= 11 is 0. The zero-order valence-electron chi connectivity index (χ0n) is 33.3. The highest BCUT2D eigenvalue weighted by molar-refractivity contribution is 5.90. The van der Waals surface area contributed by atoms with E-state index in [2.05, 4.69) is 69.1 Å². The minimum Gasteiger partial charge on any atom is -0.344 e. The molecular formula is C44H54N8O4. The van der Waals surface area contributed by atoms with Gasteiger partial charge in [0.1, 0.15) is 23.7 Å². The van der Waals surface area contributed by atoms with E-state index in [0.29, 0.717) is 25.9 Å². The van der Waals surface area contributed by atoms with Crippen LogP contribution < -0.4 is 10.6 Å². The summed E-state index contributed by atoms with van der Waals surface area (Å²) in [5.41, 5.74) is 7.77. The van der Waals surface area contributed by atoms with Crippen LogP contribution in [0.5, 0.6) is 0 Å². The van der Waals surface area contributed by atoms with Crippen LogP contribution in [0.4, 0.5) is 0 Å². The van der Waals surface area contributed by atoms with Gasteiger partial charge in [0.05, 0.1) is 34.2 Å². The lowest BCUT2D eigenvalue weighted by Crippen LogP contribution is -2.51. The molecule has 2 aliphatic rings. The maximum atomic E-state index is 13.7. The highest BCUT2D eigenvalue weighted by Gasteiger charge is 2.38. The van der Waals surface area contributed by atoms with E-state index in [1.807, 2.05) is 49.6 Å². The third-order valence-corrected chi connectivity index (χ3v) is 11.4. The Bertz CT molecular complexity index is 2080. The summed E-state index contributed by atoms with van der Waals surface area (Å²) in [6.07, 6.45) is 4.07. The van der Waals surface area contributed by atoms with E-state index in [0.717, 1.165) is 81.7 Å². The number of nitrogens with one attached hydrogen (secondary N) is 4. The standard InChI is InChI=1S/C44H54N8O4/c1-7-37(53)49-39(25(3)4)43(55)51-21-9-11-35(51)41-45-31-19-17-29(23-33(31)47-41)27-13-15-28(16-14-27)30-18-20-32-34(24-30)48-42(46-32)36-12-10-22-52(36)44(56)40(26(5)6)50-38(54)8-2/h13-20,23-26,35-36,39-40H,7-12,21-22H2,1-6H3,(H,45,47)(H,46,48)(H,49,53)(H,50,54)/t35-,36-,39-,40-/m0/s1. The molecule has 4 heterocycles. The Labute approximate surface area is 328 Å². The Balaban J connectivity index is 1.06. The number of nitrogens with zero attached hydrogens (tertiary/aromatic N) is 4. The number of benzene rings is 3. The van der Waals surface area contributed by atoms with Gasteiger partial charge in [0.25, 0.3) is 0 Å². The molecule has 2 aromatic heterocycles. The number of carbonyl (C=O) groups excluding carboxylic acids is 4. The van der Waals surface area contributed by atoms with Gasteiger partial charge in [-0.3, -0.25) is 19.2 Å². The molecule has 2 fully saturated rings. The summed E-state index contributed by atoms with van der Waals surface area (Å²) in [7, 11) is 0. The molecule has 0 bridgehead atoms. The van der Waals surface area contributed by atoms with Crippen LogP contribution in [-0.2, 0) is 19.2 Å². The van der Waals surface area contributed by atoms with E-state index in [-0.39, 0.29) is 47.5 Å². The van der Waals surface area contributed by atoms with Crippen molar-refractivity contribution in [1.29, 1.82) is 0 Å². The predicted molar refractivity (Wildman–Crippen MR) is 218 cm³/mol. The van der Waals surface area contributed by atoms with E-state index in [1.165, 1.54) is 0 Å². The fourth-order valence-electron chi connectivity index (χ4n) is 8.15. The molecule has 0 spiro atoms. The van der Waals surface area contributed by atoms with E-state index in [9.17, 15) is 19.2 Å². The summed E-state index contributed by atoms with van der Waals surface area (Å²) in [4.78, 5) is 72.4. The van der Waals surface area contributed by atoms with Crippen molar-refractivity contribution < 1.29 is 19.2 Å². The predicted octanol–water partition coefficient (Wildman–Crippen LogP) is 7.20. The number of hydrogen-bond donors (Lipinski definition) is 4. The van der Waals surface area contributed by atoms with Gasteiger partial charge in [0.2, 0.25) is 23.6 Å². The van der Waals surface area contributed by atoms with E-state index in [4.69, 9.17) is 9.97 Å². The zero-order chi connectivity index (χ0) is 39.7. The van der Waals surface area contributed by atoms with Gasteiger partial charge < -0.3 is 30.4 Å². The summed E-state index contributed by atoms with van der Waals surface area (Å²) in [6.45, 7) is 12.7. The van der Waals surface area contributed by atoms with Crippen LogP contribution in [0, 0.1) is 11.8 Å². The van der Waals surface area contributed by atoms with E-state index >= 15 is 0 Å². The molecule has 0 radical (unpaired) electrons. The first-order chi connectivity index (χ1) is 26.9.